The lowest BCUT2D eigenvalue weighted by Gasteiger charge is -2.35. The number of aryl methyl sites for hydroxylation is 1. The molecule has 0 unspecified atom stereocenters. The molecule has 0 saturated carbocycles. The molecule has 1 aliphatic heterocycles. The van der Waals surface area contributed by atoms with Crippen molar-refractivity contribution in [1.29, 1.82) is 0 Å². The number of benzene rings is 2. The molecule has 0 bridgehead atoms. The number of ether oxygens (including phenoxy) is 1. The first-order valence-electron chi connectivity index (χ1n) is 9.38. The molecule has 0 aliphatic carbocycles. The molecule has 2 amide bonds. The highest BCUT2D eigenvalue weighted by atomic mass is 16.5. The Morgan fingerprint density at radius 3 is 2.11 bits per heavy atom. The Morgan fingerprint density at radius 2 is 1.44 bits per heavy atom. The molecule has 5 nitrogen and oxygen atoms in total. The largest absolute Gasteiger partial charge is 0.496 e. The maximum atomic E-state index is 12.5. The number of rotatable bonds is 6. The number of para-hydroxylation sites is 1. The van der Waals surface area contributed by atoms with Gasteiger partial charge in [-0.3, -0.25) is 9.59 Å². The van der Waals surface area contributed by atoms with Gasteiger partial charge in [0.25, 0.3) is 0 Å². The van der Waals surface area contributed by atoms with E-state index in [2.05, 4.69) is 0 Å². The van der Waals surface area contributed by atoms with E-state index in [-0.39, 0.29) is 11.8 Å². The predicted octanol–water partition coefficient (Wildman–Crippen LogP) is 2.54. The summed E-state index contributed by atoms with van der Waals surface area (Å²) in [7, 11) is 1.65. The molecule has 1 saturated heterocycles. The SMILES string of the molecule is COc1ccccc1CCC(=O)N1CCN(C(=O)Cc2ccccc2)CC1. The number of amides is 2. The van der Waals surface area contributed by atoms with Crippen LogP contribution >= 0.6 is 0 Å². The van der Waals surface area contributed by atoms with Crippen LogP contribution in [0.15, 0.2) is 54.6 Å². The van der Waals surface area contributed by atoms with Crippen molar-refractivity contribution in [2.45, 2.75) is 19.3 Å². The van der Waals surface area contributed by atoms with Gasteiger partial charge in [0.1, 0.15) is 5.75 Å². The third kappa shape index (κ3) is 5.09. The average molecular weight is 366 g/mol. The summed E-state index contributed by atoms with van der Waals surface area (Å²) in [6.45, 7) is 2.41. The first-order valence-corrected chi connectivity index (χ1v) is 9.38. The van der Waals surface area contributed by atoms with Crippen LogP contribution < -0.4 is 4.74 Å². The molecule has 5 heteroatoms. The number of hydrogen-bond donors (Lipinski definition) is 0. The van der Waals surface area contributed by atoms with Crippen molar-refractivity contribution in [1.82, 2.24) is 9.80 Å². The van der Waals surface area contributed by atoms with E-state index in [9.17, 15) is 9.59 Å². The van der Waals surface area contributed by atoms with Gasteiger partial charge in [0.2, 0.25) is 11.8 Å². The molecule has 0 aromatic heterocycles. The van der Waals surface area contributed by atoms with E-state index >= 15 is 0 Å². The fraction of sp³-hybridized carbons (Fsp3) is 0.364. The second-order valence-corrected chi connectivity index (χ2v) is 6.74. The van der Waals surface area contributed by atoms with E-state index in [4.69, 9.17) is 4.74 Å². The number of piperazine rings is 1. The molecule has 0 spiro atoms. The molecule has 1 aliphatic rings. The minimum Gasteiger partial charge on any atom is -0.496 e. The fourth-order valence-corrected chi connectivity index (χ4v) is 3.40. The highest BCUT2D eigenvalue weighted by Crippen LogP contribution is 2.19. The Balaban J connectivity index is 1.45. The first kappa shape index (κ1) is 19.0. The van der Waals surface area contributed by atoms with Crippen molar-refractivity contribution in [2.75, 3.05) is 33.3 Å². The summed E-state index contributed by atoms with van der Waals surface area (Å²) in [5.41, 5.74) is 2.07. The van der Waals surface area contributed by atoms with E-state index < -0.39 is 0 Å². The number of carbonyl (C=O) groups excluding carboxylic acids is 2. The topological polar surface area (TPSA) is 49.9 Å². The van der Waals surface area contributed by atoms with Gasteiger partial charge in [-0.15, -0.1) is 0 Å². The van der Waals surface area contributed by atoms with Gasteiger partial charge in [-0.2, -0.15) is 0 Å². The van der Waals surface area contributed by atoms with E-state index in [0.29, 0.717) is 45.4 Å². The van der Waals surface area contributed by atoms with Crippen LogP contribution in [0.5, 0.6) is 5.75 Å². The molecule has 0 N–H and O–H groups in total. The summed E-state index contributed by atoms with van der Waals surface area (Å²) >= 11 is 0. The zero-order valence-electron chi connectivity index (χ0n) is 15.8. The second kappa shape index (κ2) is 9.21. The minimum atomic E-state index is 0.127. The Kier molecular flexibility index (Phi) is 6.47. The summed E-state index contributed by atoms with van der Waals surface area (Å²) < 4.78 is 5.34. The maximum Gasteiger partial charge on any atom is 0.227 e. The van der Waals surface area contributed by atoms with Gasteiger partial charge in [-0.25, -0.2) is 0 Å². The number of carbonyl (C=O) groups is 2. The lowest BCUT2D eigenvalue weighted by molar-refractivity contribution is -0.139. The highest BCUT2D eigenvalue weighted by molar-refractivity contribution is 5.80. The van der Waals surface area contributed by atoms with Gasteiger partial charge < -0.3 is 14.5 Å². The molecule has 1 fully saturated rings. The lowest BCUT2D eigenvalue weighted by atomic mass is 10.1. The smallest absolute Gasteiger partial charge is 0.227 e. The van der Waals surface area contributed by atoms with Gasteiger partial charge in [0.05, 0.1) is 13.5 Å². The van der Waals surface area contributed by atoms with E-state index in [0.717, 1.165) is 16.9 Å². The molecule has 2 aromatic rings. The fourth-order valence-electron chi connectivity index (χ4n) is 3.40. The highest BCUT2D eigenvalue weighted by Gasteiger charge is 2.24. The third-order valence-electron chi connectivity index (χ3n) is 4.98. The summed E-state index contributed by atoms with van der Waals surface area (Å²) in [4.78, 5) is 28.7. The number of nitrogens with zero attached hydrogens (tertiary/aromatic N) is 2. The number of hydrogen-bond acceptors (Lipinski definition) is 3. The molecule has 142 valence electrons. The minimum absolute atomic E-state index is 0.127. The van der Waals surface area contributed by atoms with Gasteiger partial charge in [0.15, 0.2) is 0 Å². The van der Waals surface area contributed by atoms with Gasteiger partial charge in [-0.1, -0.05) is 48.5 Å². The van der Waals surface area contributed by atoms with Crippen molar-refractivity contribution in [2.24, 2.45) is 0 Å². The van der Waals surface area contributed by atoms with Crippen LogP contribution in [0, 0.1) is 0 Å². The molecule has 3 rings (SSSR count). The third-order valence-corrected chi connectivity index (χ3v) is 4.98. The Labute approximate surface area is 160 Å². The molecular weight excluding hydrogens is 340 g/mol. The molecule has 0 radical (unpaired) electrons. The summed E-state index contributed by atoms with van der Waals surface area (Å²) in [5.74, 6) is 1.08. The van der Waals surface area contributed by atoms with Crippen molar-refractivity contribution in [3.05, 3.63) is 65.7 Å². The first-order chi connectivity index (χ1) is 13.2. The van der Waals surface area contributed by atoms with Crippen LogP contribution in [-0.4, -0.2) is 54.9 Å². The molecule has 1 heterocycles. The van der Waals surface area contributed by atoms with Crippen molar-refractivity contribution < 1.29 is 14.3 Å². The Hall–Kier alpha value is -2.82. The summed E-state index contributed by atoms with van der Waals surface area (Å²) in [6.07, 6.45) is 1.54. The Morgan fingerprint density at radius 1 is 0.852 bits per heavy atom. The van der Waals surface area contributed by atoms with E-state index in [1.54, 1.807) is 7.11 Å². The normalized spacial score (nSPS) is 14.1. The second-order valence-electron chi connectivity index (χ2n) is 6.74. The lowest BCUT2D eigenvalue weighted by Crippen LogP contribution is -2.51. The summed E-state index contributed by atoms with van der Waals surface area (Å²) in [5, 5.41) is 0. The number of methoxy groups -OCH3 is 1. The summed E-state index contributed by atoms with van der Waals surface area (Å²) in [6, 6.07) is 17.6. The van der Waals surface area contributed by atoms with Crippen LogP contribution in [0.25, 0.3) is 0 Å². The van der Waals surface area contributed by atoms with Gasteiger partial charge in [0, 0.05) is 32.6 Å². The van der Waals surface area contributed by atoms with Crippen molar-refractivity contribution in [3.8, 4) is 5.75 Å². The molecule has 0 atom stereocenters. The zero-order chi connectivity index (χ0) is 19.1. The average Bonchev–Trinajstić information content (AvgIpc) is 2.73. The van der Waals surface area contributed by atoms with Gasteiger partial charge >= 0.3 is 0 Å². The van der Waals surface area contributed by atoms with Crippen LogP contribution in [0.2, 0.25) is 0 Å². The van der Waals surface area contributed by atoms with Crippen LogP contribution in [-0.2, 0) is 22.4 Å². The van der Waals surface area contributed by atoms with Crippen molar-refractivity contribution >= 4 is 11.8 Å². The molecule has 2 aromatic carbocycles. The monoisotopic (exact) mass is 366 g/mol. The van der Waals surface area contributed by atoms with Crippen LogP contribution in [0.1, 0.15) is 17.5 Å². The van der Waals surface area contributed by atoms with Crippen LogP contribution in [0.3, 0.4) is 0 Å². The zero-order valence-corrected chi connectivity index (χ0v) is 15.8. The van der Waals surface area contributed by atoms with E-state index in [1.807, 2.05) is 64.4 Å². The molecule has 27 heavy (non-hydrogen) atoms. The maximum absolute atomic E-state index is 12.5. The van der Waals surface area contributed by atoms with E-state index in [1.165, 1.54) is 0 Å². The van der Waals surface area contributed by atoms with Crippen LogP contribution in [0.4, 0.5) is 0 Å². The van der Waals surface area contributed by atoms with Crippen molar-refractivity contribution in [3.63, 3.8) is 0 Å². The van der Waals surface area contributed by atoms with Gasteiger partial charge in [-0.05, 0) is 23.6 Å². The standard InChI is InChI=1S/C22H26N2O3/c1-27-20-10-6-5-9-19(20)11-12-21(25)23-13-15-24(16-14-23)22(26)17-18-7-3-2-4-8-18/h2-10H,11-17H2,1H3. The predicted molar refractivity (Wildman–Crippen MR) is 105 cm³/mol. The quantitative estimate of drug-likeness (QED) is 0.789. The Bertz CT molecular complexity index is 768. The molecular formula is C22H26N2O3.